The van der Waals surface area contributed by atoms with Gasteiger partial charge < -0.3 is 42.5 Å². The molecule has 1 atom stereocenters. The van der Waals surface area contributed by atoms with Crippen molar-refractivity contribution >= 4 is 13.8 Å². The molecule has 13 nitrogen and oxygen atoms in total. The van der Waals surface area contributed by atoms with E-state index in [1.807, 2.05) is 21.1 Å². The predicted molar refractivity (Wildman–Crippen MR) is 134 cm³/mol. The second-order valence-corrected chi connectivity index (χ2v) is 9.79. The number of rotatable bonds is 22. The van der Waals surface area contributed by atoms with Crippen molar-refractivity contribution < 1.29 is 60.9 Å². The minimum absolute atomic E-state index is 0.108. The fourth-order valence-corrected chi connectivity index (χ4v) is 3.76. The van der Waals surface area contributed by atoms with Gasteiger partial charge in [0.15, 0.2) is 6.29 Å². The average Bonchev–Trinajstić information content (AvgIpc) is 2.77. The number of phosphoric ester groups is 1. The van der Waals surface area contributed by atoms with Crippen molar-refractivity contribution in [3.8, 4) is 0 Å². The van der Waals surface area contributed by atoms with Gasteiger partial charge in [-0.15, -0.1) is 0 Å². The molecule has 0 radical (unpaired) electrons. The second-order valence-electron chi connectivity index (χ2n) is 8.41. The van der Waals surface area contributed by atoms with Crippen molar-refractivity contribution in [1.82, 2.24) is 0 Å². The Morgan fingerprint density at radius 1 is 0.838 bits per heavy atom. The van der Waals surface area contributed by atoms with E-state index < -0.39 is 32.0 Å². The monoisotopic (exact) mass is 560 g/mol. The van der Waals surface area contributed by atoms with Gasteiger partial charge in [0.2, 0.25) is 0 Å². The van der Waals surface area contributed by atoms with Crippen LogP contribution in [0.3, 0.4) is 0 Å². The van der Waals surface area contributed by atoms with Crippen molar-refractivity contribution in [3.05, 3.63) is 12.2 Å². The van der Waals surface area contributed by atoms with E-state index in [9.17, 15) is 14.3 Å². The van der Waals surface area contributed by atoms with E-state index in [0.29, 0.717) is 11.0 Å². The van der Waals surface area contributed by atoms with E-state index in [4.69, 9.17) is 42.2 Å². The Bertz CT molecular complexity index is 709. The van der Waals surface area contributed by atoms with Crippen molar-refractivity contribution in [2.75, 3.05) is 73.9 Å². The quantitative estimate of drug-likeness (QED) is 0.0685. The lowest BCUT2D eigenvalue weighted by Crippen LogP contribution is -2.64. The van der Waals surface area contributed by atoms with Crippen LogP contribution in [-0.4, -0.2) is 108 Å². The Hall–Kier alpha value is -0.960. The van der Waals surface area contributed by atoms with Gasteiger partial charge in [-0.05, 0) is 41.5 Å². The van der Waals surface area contributed by atoms with E-state index in [1.165, 1.54) is 0 Å². The molecule has 0 aliphatic carbocycles. The molecule has 0 amide bonds. The normalized spacial score (nSPS) is 14.6. The summed E-state index contributed by atoms with van der Waals surface area (Å²) in [6.07, 6.45) is -1.12. The third-order valence-electron chi connectivity index (χ3n) is 4.37. The van der Waals surface area contributed by atoms with Crippen LogP contribution in [0.5, 0.6) is 0 Å². The molecule has 0 aromatic rings. The highest BCUT2D eigenvalue weighted by Gasteiger charge is 2.66. The summed E-state index contributed by atoms with van der Waals surface area (Å²) in [7, 11) is 0.762. The van der Waals surface area contributed by atoms with Gasteiger partial charge in [-0.25, -0.2) is 13.9 Å². The molecule has 37 heavy (non-hydrogen) atoms. The molecule has 0 aromatic carbocycles. The van der Waals surface area contributed by atoms with Gasteiger partial charge >= 0.3 is 25.7 Å². The maximum atomic E-state index is 13.2. The van der Waals surface area contributed by atoms with Gasteiger partial charge in [-0.3, -0.25) is 4.52 Å². The number of nitrogens with zero attached hydrogens (tertiary/aromatic N) is 1. The molecule has 0 saturated heterocycles. The minimum atomic E-state index is -4.89. The highest BCUT2D eigenvalue weighted by Crippen LogP contribution is 2.52. The van der Waals surface area contributed by atoms with Gasteiger partial charge in [0.05, 0.1) is 53.1 Å². The zero-order chi connectivity index (χ0) is 28.8. The second kappa shape index (κ2) is 16.9. The summed E-state index contributed by atoms with van der Waals surface area (Å²) in [6.45, 7) is 13.7. The number of carbonyl (C=O) groups is 1. The summed E-state index contributed by atoms with van der Waals surface area (Å²) in [4.78, 5) is 23.8. The number of phosphoric acid groups is 1. The first-order valence-corrected chi connectivity index (χ1v) is 13.9. The summed E-state index contributed by atoms with van der Waals surface area (Å²) in [5.41, 5.74) is -0.222. The smallest absolute Gasteiger partial charge is 0.398 e. The third kappa shape index (κ3) is 11.8. The molecule has 1 N–H and O–H groups in total. The number of hydrogen-bond acceptors (Lipinski definition) is 11. The molecule has 1 unspecified atom stereocenters. The molecule has 14 heteroatoms. The largest absolute Gasteiger partial charge is 0.477 e. The van der Waals surface area contributed by atoms with Gasteiger partial charge in [0, 0.05) is 13.2 Å². The first-order chi connectivity index (χ1) is 17.2. The molecule has 0 bridgehead atoms. The molecule has 0 rings (SSSR count). The summed E-state index contributed by atoms with van der Waals surface area (Å²) in [5.74, 6) is -6.36. The van der Waals surface area contributed by atoms with Crippen LogP contribution in [0.25, 0.3) is 0 Å². The molecule has 0 spiro atoms. The maximum Gasteiger partial charge on any atom is 0.477 e. The van der Waals surface area contributed by atoms with E-state index in [-0.39, 0.29) is 51.8 Å². The van der Waals surface area contributed by atoms with Crippen LogP contribution < -0.4 is 0 Å². The van der Waals surface area contributed by atoms with Crippen LogP contribution in [0, 0.1) is 0 Å². The Kier molecular flexibility index (Phi) is 16.4. The lowest BCUT2D eigenvalue weighted by molar-refractivity contribution is -0.870. The molecule has 220 valence electrons. The number of likely N-dealkylation sites (N-methyl/N-ethyl adjacent to an activating group) is 1. The lowest BCUT2D eigenvalue weighted by atomic mass is 10.3. The number of quaternary nitrogens is 1. The maximum absolute atomic E-state index is 13.2. The van der Waals surface area contributed by atoms with E-state index in [2.05, 4.69) is 6.58 Å². The lowest BCUT2D eigenvalue weighted by Gasteiger charge is -2.44. The molecular formula is C23H47NO12P+. The summed E-state index contributed by atoms with van der Waals surface area (Å²) >= 11 is 0. The van der Waals surface area contributed by atoms with Gasteiger partial charge in [-0.1, -0.05) is 6.58 Å². The van der Waals surface area contributed by atoms with Crippen LogP contribution in [-0.2, 0) is 51.6 Å². The summed E-state index contributed by atoms with van der Waals surface area (Å²) < 4.78 is 63.4. The van der Waals surface area contributed by atoms with E-state index >= 15 is 0 Å². The predicted octanol–water partition coefficient (Wildman–Crippen LogP) is 2.78. The number of ether oxygens (including phenoxy) is 7. The highest BCUT2D eigenvalue weighted by molar-refractivity contribution is 7.47. The summed E-state index contributed by atoms with van der Waals surface area (Å²) in [6, 6.07) is 0. The van der Waals surface area contributed by atoms with Crippen LogP contribution in [0.15, 0.2) is 12.2 Å². The molecule has 0 heterocycles. The van der Waals surface area contributed by atoms with Crippen LogP contribution >= 0.6 is 7.82 Å². The first-order valence-electron chi connectivity index (χ1n) is 12.4. The van der Waals surface area contributed by atoms with Gasteiger partial charge in [0.25, 0.3) is 0 Å². The topological polar surface area (TPSA) is 137 Å². The fraction of sp³-hybridized carbons (Fsp3) is 0.870. The van der Waals surface area contributed by atoms with Gasteiger partial charge in [0.1, 0.15) is 13.2 Å². The molecule has 0 saturated carbocycles. The highest BCUT2D eigenvalue weighted by atomic mass is 31.2. The molecule has 0 aromatic heterocycles. The molecular weight excluding hydrogens is 513 g/mol. The average molecular weight is 561 g/mol. The molecule has 0 fully saturated rings. The SMILES string of the molecule is C=C(C(=O)OC(OCC)(OCC)C(OCC)(OCC)OP(=O)(O)OCC[N+](C)(C)C)C(OCC)OCC. The van der Waals surface area contributed by atoms with E-state index in [1.54, 1.807) is 41.5 Å². The number of hydrogen-bond donors (Lipinski definition) is 1. The van der Waals surface area contributed by atoms with Crippen molar-refractivity contribution in [2.45, 2.75) is 59.8 Å². The third-order valence-corrected chi connectivity index (χ3v) is 5.35. The fourth-order valence-electron chi connectivity index (χ4n) is 2.87. The number of carbonyl (C=O) groups excluding carboxylic acids is 1. The standard InChI is InChI=1S/C23H46NO12P/c1-11-28-21(29-12-2)19(7)20(25)35-22(30-13-3,31-14-4)23(32-15-5,33-16-6)36-37(26,27)34-18-17-24(8,9)10/h21H,7,11-18H2,1-6,8-10H3/p+1. The minimum Gasteiger partial charge on any atom is -0.398 e. The Morgan fingerprint density at radius 2 is 1.27 bits per heavy atom. The summed E-state index contributed by atoms with van der Waals surface area (Å²) in [5, 5.41) is 0. The molecule has 0 aliphatic rings. The first kappa shape index (κ1) is 36.0. The zero-order valence-electron chi connectivity index (χ0n) is 23.8. The van der Waals surface area contributed by atoms with Crippen LogP contribution in [0.4, 0.5) is 0 Å². The Labute approximate surface area is 221 Å². The van der Waals surface area contributed by atoms with Gasteiger partial charge in [-0.2, -0.15) is 0 Å². The van der Waals surface area contributed by atoms with Crippen LogP contribution in [0.1, 0.15) is 41.5 Å². The Morgan fingerprint density at radius 3 is 1.65 bits per heavy atom. The Balaban J connectivity index is 6.52. The van der Waals surface area contributed by atoms with Crippen LogP contribution in [0.2, 0.25) is 0 Å². The van der Waals surface area contributed by atoms with Crippen molar-refractivity contribution in [3.63, 3.8) is 0 Å². The number of esters is 1. The van der Waals surface area contributed by atoms with E-state index in [0.717, 1.165) is 0 Å². The zero-order valence-corrected chi connectivity index (χ0v) is 24.7. The molecule has 0 aliphatic heterocycles. The van der Waals surface area contributed by atoms with Crippen molar-refractivity contribution in [2.24, 2.45) is 0 Å². The van der Waals surface area contributed by atoms with Crippen molar-refractivity contribution in [1.29, 1.82) is 0 Å².